The zero-order valence-electron chi connectivity index (χ0n) is 16.5. The Hall–Kier alpha value is -2.99. The van der Waals surface area contributed by atoms with Gasteiger partial charge in [-0.2, -0.15) is 18.4 Å². The normalized spacial score (nSPS) is 16.1. The molecule has 2 aromatic heterocycles. The van der Waals surface area contributed by atoms with E-state index >= 15 is 0 Å². The molecule has 1 atom stereocenters. The molecule has 0 amide bonds. The van der Waals surface area contributed by atoms with Crippen molar-refractivity contribution in [3.05, 3.63) is 57.8 Å². The molecule has 1 fully saturated rings. The number of hydrogen-bond acceptors (Lipinski definition) is 5. The van der Waals surface area contributed by atoms with Gasteiger partial charge in [0.25, 0.3) is 0 Å². The first kappa shape index (κ1) is 21.2. The molecule has 0 bridgehead atoms. The summed E-state index contributed by atoms with van der Waals surface area (Å²) in [5.74, 6) is -0.719. The maximum absolute atomic E-state index is 14.6. The standard InChI is InChI=1S/C21H16ClF4N5/c1-10(12-4-3-5-14(16(12)23)21(24,25)26)28-18-13-8-15(20(9-27)6-7-20)17(22)31-19(13)30-11(2)29-18/h3-5,8,10H,6-7H2,1-2H3,(H,28,29,30,31)/t10-/m1/s1. The number of hydrogen-bond donors (Lipinski definition) is 1. The van der Waals surface area contributed by atoms with Crippen LogP contribution in [0.15, 0.2) is 24.3 Å². The van der Waals surface area contributed by atoms with E-state index in [1.54, 1.807) is 13.0 Å². The van der Waals surface area contributed by atoms with Gasteiger partial charge in [-0.25, -0.2) is 19.3 Å². The number of nitriles is 1. The van der Waals surface area contributed by atoms with E-state index in [-0.39, 0.29) is 22.2 Å². The number of aryl methyl sites for hydroxylation is 1. The predicted octanol–water partition coefficient (Wildman–Crippen LogP) is 5.87. The lowest BCUT2D eigenvalue weighted by Gasteiger charge is -2.20. The van der Waals surface area contributed by atoms with Crippen LogP contribution in [0.5, 0.6) is 0 Å². The Kier molecular flexibility index (Phi) is 5.01. The molecule has 3 aromatic rings. The molecule has 1 aliphatic rings. The zero-order chi connectivity index (χ0) is 22.6. The van der Waals surface area contributed by atoms with Crippen molar-refractivity contribution in [3.8, 4) is 6.07 Å². The third-order valence-corrected chi connectivity index (χ3v) is 5.67. The van der Waals surface area contributed by atoms with Gasteiger partial charge in [0, 0.05) is 11.1 Å². The lowest BCUT2D eigenvalue weighted by atomic mass is 9.98. The maximum atomic E-state index is 14.6. The molecule has 1 aliphatic carbocycles. The second kappa shape index (κ2) is 7.31. The van der Waals surface area contributed by atoms with E-state index in [4.69, 9.17) is 11.6 Å². The highest BCUT2D eigenvalue weighted by Gasteiger charge is 2.47. The first-order valence-corrected chi connectivity index (χ1v) is 9.82. The van der Waals surface area contributed by atoms with Gasteiger partial charge in [0.05, 0.1) is 28.5 Å². The average Bonchev–Trinajstić information content (AvgIpc) is 3.47. The van der Waals surface area contributed by atoms with Gasteiger partial charge in [0.2, 0.25) is 0 Å². The Balaban J connectivity index is 1.79. The van der Waals surface area contributed by atoms with Crippen molar-refractivity contribution in [2.45, 2.75) is 44.3 Å². The topological polar surface area (TPSA) is 74.5 Å². The number of halogens is 5. The predicted molar refractivity (Wildman–Crippen MR) is 107 cm³/mol. The van der Waals surface area contributed by atoms with Crippen LogP contribution in [0.3, 0.4) is 0 Å². The number of fused-ring (bicyclic) bond motifs is 1. The first-order valence-electron chi connectivity index (χ1n) is 9.44. The minimum absolute atomic E-state index is 0.155. The molecule has 0 radical (unpaired) electrons. The van der Waals surface area contributed by atoms with Crippen molar-refractivity contribution in [1.82, 2.24) is 15.0 Å². The lowest BCUT2D eigenvalue weighted by molar-refractivity contribution is -0.140. The Morgan fingerprint density at radius 2 is 1.94 bits per heavy atom. The molecule has 0 unspecified atom stereocenters. The van der Waals surface area contributed by atoms with Gasteiger partial charge in [-0.15, -0.1) is 0 Å². The summed E-state index contributed by atoms with van der Waals surface area (Å²) in [7, 11) is 0. The monoisotopic (exact) mass is 449 g/mol. The number of alkyl halides is 3. The van der Waals surface area contributed by atoms with Crippen LogP contribution in [0.1, 0.15) is 48.3 Å². The van der Waals surface area contributed by atoms with E-state index < -0.39 is 29.0 Å². The summed E-state index contributed by atoms with van der Waals surface area (Å²) in [6, 6.07) is 6.24. The molecule has 0 saturated heterocycles. The number of rotatable bonds is 4. The smallest absolute Gasteiger partial charge is 0.363 e. The number of benzene rings is 1. The molecule has 4 rings (SSSR count). The largest absolute Gasteiger partial charge is 0.419 e. The number of aromatic nitrogens is 3. The van der Waals surface area contributed by atoms with Crippen LogP contribution in [0, 0.1) is 24.1 Å². The van der Waals surface area contributed by atoms with Crippen LogP contribution in [0.25, 0.3) is 11.0 Å². The lowest BCUT2D eigenvalue weighted by Crippen LogP contribution is -2.15. The molecule has 0 aliphatic heterocycles. The molecule has 1 N–H and O–H groups in total. The Bertz CT molecular complexity index is 1230. The molecule has 1 saturated carbocycles. The third kappa shape index (κ3) is 3.76. The fourth-order valence-electron chi connectivity index (χ4n) is 3.54. The molecule has 2 heterocycles. The quantitative estimate of drug-likeness (QED) is 0.398. The van der Waals surface area contributed by atoms with Crippen molar-refractivity contribution in [2.75, 3.05) is 5.32 Å². The van der Waals surface area contributed by atoms with E-state index in [2.05, 4.69) is 26.3 Å². The van der Waals surface area contributed by atoms with Crippen LogP contribution in [-0.4, -0.2) is 15.0 Å². The second-order valence-corrected chi connectivity index (χ2v) is 7.94. The summed E-state index contributed by atoms with van der Waals surface area (Å²) < 4.78 is 53.8. The van der Waals surface area contributed by atoms with Crippen LogP contribution < -0.4 is 5.32 Å². The molecule has 5 nitrogen and oxygen atoms in total. The summed E-state index contributed by atoms with van der Waals surface area (Å²) in [6.07, 6.45) is -3.50. The Morgan fingerprint density at radius 3 is 2.55 bits per heavy atom. The van der Waals surface area contributed by atoms with Crippen molar-refractivity contribution in [2.24, 2.45) is 0 Å². The van der Waals surface area contributed by atoms with Crippen molar-refractivity contribution in [1.29, 1.82) is 5.26 Å². The van der Waals surface area contributed by atoms with Gasteiger partial charge in [0.1, 0.15) is 22.6 Å². The van der Waals surface area contributed by atoms with Crippen molar-refractivity contribution >= 4 is 28.5 Å². The molecule has 160 valence electrons. The Morgan fingerprint density at radius 1 is 1.23 bits per heavy atom. The highest BCUT2D eigenvalue weighted by molar-refractivity contribution is 6.30. The van der Waals surface area contributed by atoms with Crippen LogP contribution in [-0.2, 0) is 11.6 Å². The molecule has 31 heavy (non-hydrogen) atoms. The van der Waals surface area contributed by atoms with Crippen molar-refractivity contribution in [3.63, 3.8) is 0 Å². The first-order chi connectivity index (χ1) is 14.6. The zero-order valence-corrected chi connectivity index (χ0v) is 17.2. The van der Waals surface area contributed by atoms with E-state index in [1.807, 2.05) is 0 Å². The van der Waals surface area contributed by atoms with Crippen LogP contribution in [0.4, 0.5) is 23.4 Å². The Labute approximate surface area is 180 Å². The highest BCUT2D eigenvalue weighted by atomic mass is 35.5. The number of anilines is 1. The third-order valence-electron chi connectivity index (χ3n) is 5.39. The summed E-state index contributed by atoms with van der Waals surface area (Å²) in [5.41, 5.74) is -1.37. The average molecular weight is 450 g/mol. The summed E-state index contributed by atoms with van der Waals surface area (Å²) in [4.78, 5) is 12.9. The van der Waals surface area contributed by atoms with E-state index in [0.29, 0.717) is 35.7 Å². The minimum Gasteiger partial charge on any atom is -0.363 e. The molecular weight excluding hydrogens is 434 g/mol. The van der Waals surface area contributed by atoms with Gasteiger partial charge in [-0.05, 0) is 38.8 Å². The van der Waals surface area contributed by atoms with Gasteiger partial charge in [-0.3, -0.25) is 0 Å². The molecule has 10 heteroatoms. The molecule has 0 spiro atoms. The van der Waals surface area contributed by atoms with Crippen molar-refractivity contribution < 1.29 is 17.6 Å². The van der Waals surface area contributed by atoms with Crippen LogP contribution >= 0.6 is 11.6 Å². The van der Waals surface area contributed by atoms with E-state index in [9.17, 15) is 22.8 Å². The van der Waals surface area contributed by atoms with Gasteiger partial charge < -0.3 is 5.32 Å². The maximum Gasteiger partial charge on any atom is 0.419 e. The number of nitrogens with one attached hydrogen (secondary N) is 1. The summed E-state index contributed by atoms with van der Waals surface area (Å²) in [6.45, 7) is 3.16. The fraction of sp³-hybridized carbons (Fsp3) is 0.333. The van der Waals surface area contributed by atoms with Gasteiger partial charge in [0.15, 0.2) is 5.65 Å². The highest BCUT2D eigenvalue weighted by Crippen LogP contribution is 2.50. The number of nitrogens with zero attached hydrogens (tertiary/aromatic N) is 4. The molecule has 1 aromatic carbocycles. The summed E-state index contributed by atoms with van der Waals surface area (Å²) in [5, 5.41) is 13.1. The molecular formula is C21H16ClF4N5. The van der Waals surface area contributed by atoms with E-state index in [1.165, 1.54) is 13.0 Å². The number of pyridine rings is 1. The van der Waals surface area contributed by atoms with Crippen LogP contribution in [0.2, 0.25) is 5.15 Å². The minimum atomic E-state index is -4.80. The fourth-order valence-corrected chi connectivity index (χ4v) is 3.86. The second-order valence-electron chi connectivity index (χ2n) is 7.58. The summed E-state index contributed by atoms with van der Waals surface area (Å²) >= 11 is 6.29. The van der Waals surface area contributed by atoms with E-state index in [0.717, 1.165) is 6.07 Å². The van der Waals surface area contributed by atoms with Gasteiger partial charge >= 0.3 is 6.18 Å². The van der Waals surface area contributed by atoms with Gasteiger partial charge in [-0.1, -0.05) is 23.7 Å². The SMILES string of the molecule is Cc1nc(N[C@H](C)c2cccc(C(F)(F)F)c2F)c2cc(C3(C#N)CC3)c(Cl)nc2n1.